The Morgan fingerprint density at radius 1 is 1.00 bits per heavy atom. The van der Waals surface area contributed by atoms with Gasteiger partial charge in [-0.1, -0.05) is 27.7 Å². The van der Waals surface area contributed by atoms with Crippen LogP contribution in [0, 0.1) is 52.3 Å². The molecule has 1 aliphatic heterocycles. The van der Waals surface area contributed by atoms with Gasteiger partial charge in [0, 0.05) is 5.92 Å². The second kappa shape index (κ2) is 7.96. The topological polar surface area (TPSA) is 69.9 Å². The Labute approximate surface area is 189 Å². The average molecular weight is 435 g/mol. The molecular weight excluding hydrogens is 388 g/mol. The minimum absolute atomic E-state index is 0.0783. The smallest absolute Gasteiger partial charge is 0.0622 e. The summed E-state index contributed by atoms with van der Waals surface area (Å²) >= 11 is 0. The molecule has 4 aliphatic carbocycles. The van der Waals surface area contributed by atoms with Crippen LogP contribution in [0.15, 0.2) is 0 Å². The van der Waals surface area contributed by atoms with Gasteiger partial charge in [-0.05, 0) is 104 Å². The summed E-state index contributed by atoms with van der Waals surface area (Å²) in [6.45, 7) is 10.4. The fourth-order valence-electron chi connectivity index (χ4n) is 9.55. The average Bonchev–Trinajstić information content (AvgIpc) is 3.07. The third kappa shape index (κ3) is 3.37. The molecule has 178 valence electrons. The predicted octanol–water partition coefficient (Wildman–Crippen LogP) is 4.40. The lowest BCUT2D eigenvalue weighted by atomic mass is 9.43. The zero-order valence-corrected chi connectivity index (χ0v) is 20.2. The second-order valence-electron chi connectivity index (χ2n) is 12.9. The van der Waals surface area contributed by atoms with Gasteiger partial charge >= 0.3 is 0 Å². The zero-order chi connectivity index (χ0) is 22.1. The number of fused-ring (bicyclic) bond motifs is 5. The van der Waals surface area contributed by atoms with Gasteiger partial charge in [0.25, 0.3) is 0 Å². The van der Waals surface area contributed by atoms with Gasteiger partial charge in [0.05, 0.1) is 31.0 Å². The van der Waals surface area contributed by atoms with Crippen molar-refractivity contribution in [2.45, 2.75) is 110 Å². The van der Waals surface area contributed by atoms with E-state index in [0.29, 0.717) is 47.5 Å². The van der Waals surface area contributed by atoms with Crippen molar-refractivity contribution in [1.29, 1.82) is 0 Å². The number of aliphatic hydroxyl groups is 3. The molecule has 0 aromatic heterocycles. The van der Waals surface area contributed by atoms with Crippen LogP contribution in [0.5, 0.6) is 0 Å². The summed E-state index contributed by atoms with van der Waals surface area (Å²) in [5.41, 5.74) is 0.0812. The first-order valence-electron chi connectivity index (χ1n) is 13.3. The van der Waals surface area contributed by atoms with E-state index < -0.39 is 0 Å². The van der Waals surface area contributed by atoms with Crippen molar-refractivity contribution in [3.05, 3.63) is 0 Å². The zero-order valence-electron chi connectivity index (χ0n) is 20.2. The number of hydrogen-bond donors (Lipinski definition) is 3. The lowest BCUT2D eigenvalue weighted by molar-refractivity contribution is -0.207. The monoisotopic (exact) mass is 434 g/mol. The summed E-state index contributed by atoms with van der Waals surface area (Å²) < 4.78 is 5.76. The molecule has 13 atom stereocenters. The van der Waals surface area contributed by atoms with Crippen LogP contribution in [-0.2, 0) is 4.74 Å². The van der Waals surface area contributed by atoms with Crippen LogP contribution in [0.4, 0.5) is 0 Å². The molecule has 0 aromatic carbocycles. The Kier molecular flexibility index (Phi) is 5.81. The molecule has 3 N–H and O–H groups in total. The van der Waals surface area contributed by atoms with Crippen molar-refractivity contribution in [2.24, 2.45) is 52.3 Å². The van der Waals surface area contributed by atoms with E-state index in [1.807, 2.05) is 0 Å². The first kappa shape index (κ1) is 22.6. The van der Waals surface area contributed by atoms with Crippen LogP contribution < -0.4 is 0 Å². The summed E-state index contributed by atoms with van der Waals surface area (Å²) in [6, 6.07) is 0. The number of hydrogen-bond acceptors (Lipinski definition) is 4. The van der Waals surface area contributed by atoms with Gasteiger partial charge in [-0.15, -0.1) is 0 Å². The van der Waals surface area contributed by atoms with E-state index in [1.54, 1.807) is 0 Å². The third-order valence-corrected chi connectivity index (χ3v) is 11.6. The number of rotatable bonds is 4. The van der Waals surface area contributed by atoms with Crippen molar-refractivity contribution in [1.82, 2.24) is 0 Å². The van der Waals surface area contributed by atoms with E-state index in [0.717, 1.165) is 51.6 Å². The fraction of sp³-hybridized carbons (Fsp3) is 1.00. The van der Waals surface area contributed by atoms with Gasteiger partial charge < -0.3 is 20.1 Å². The molecule has 0 amide bonds. The van der Waals surface area contributed by atoms with Crippen molar-refractivity contribution in [2.75, 3.05) is 6.61 Å². The van der Waals surface area contributed by atoms with Crippen molar-refractivity contribution in [3.63, 3.8) is 0 Å². The number of ether oxygens (including phenoxy) is 1. The quantitative estimate of drug-likeness (QED) is 0.613. The molecule has 4 heteroatoms. The van der Waals surface area contributed by atoms with Gasteiger partial charge in [0.15, 0.2) is 0 Å². The Bertz CT molecular complexity index is 668. The van der Waals surface area contributed by atoms with E-state index in [4.69, 9.17) is 4.74 Å². The van der Waals surface area contributed by atoms with Crippen LogP contribution in [0.2, 0.25) is 0 Å². The number of aliphatic hydroxyl groups excluding tert-OH is 3. The lowest BCUT2D eigenvalue weighted by Crippen LogP contribution is -2.62. The highest BCUT2D eigenvalue weighted by Crippen LogP contribution is 2.68. The summed E-state index contributed by atoms with van der Waals surface area (Å²) in [5.74, 6) is 3.34. The highest BCUT2D eigenvalue weighted by Gasteiger charge is 2.65. The SMILES string of the molecule is C[C@H](CC[C@H]1OC[C@H]1C)[C@H]1CC[C@H]2[C@@H]3[C@H](O)C[C@@H]4C[C@H](O)CC[C@]4(C)[C@H]3C[C@H](O)[C@]12C. The van der Waals surface area contributed by atoms with E-state index in [2.05, 4.69) is 27.7 Å². The largest absolute Gasteiger partial charge is 0.393 e. The molecule has 31 heavy (non-hydrogen) atoms. The molecule has 4 saturated carbocycles. The molecule has 0 bridgehead atoms. The van der Waals surface area contributed by atoms with Crippen LogP contribution in [0.25, 0.3) is 0 Å². The van der Waals surface area contributed by atoms with Gasteiger partial charge in [0.1, 0.15) is 0 Å². The van der Waals surface area contributed by atoms with E-state index >= 15 is 0 Å². The van der Waals surface area contributed by atoms with Crippen molar-refractivity contribution in [3.8, 4) is 0 Å². The molecule has 5 fully saturated rings. The fourth-order valence-corrected chi connectivity index (χ4v) is 9.55. The van der Waals surface area contributed by atoms with E-state index in [-0.39, 0.29) is 29.1 Å². The maximum atomic E-state index is 11.7. The summed E-state index contributed by atoms with van der Waals surface area (Å²) in [7, 11) is 0. The van der Waals surface area contributed by atoms with Gasteiger partial charge in [0.2, 0.25) is 0 Å². The van der Waals surface area contributed by atoms with Crippen LogP contribution in [-0.4, -0.2) is 46.3 Å². The van der Waals surface area contributed by atoms with Crippen molar-refractivity contribution >= 4 is 0 Å². The first-order chi connectivity index (χ1) is 14.7. The standard InChI is InChI=1S/C27H46O4/c1-15(5-8-23-16(2)14-31-23)19-6-7-20-25-21(13-24(30)27(19,20)4)26(3)10-9-18(28)11-17(26)12-22(25)29/h15-25,28-30H,5-14H2,1-4H3/t15-,16-,17+,18-,19-,20+,21+,22-,23-,24+,25+,26+,27-/m1/s1. The molecule has 1 heterocycles. The maximum Gasteiger partial charge on any atom is 0.0622 e. The Balaban J connectivity index is 1.36. The molecular formula is C27H46O4. The summed E-state index contributed by atoms with van der Waals surface area (Å²) in [6.07, 6.45) is 8.78. The van der Waals surface area contributed by atoms with Gasteiger partial charge in [-0.2, -0.15) is 0 Å². The first-order valence-corrected chi connectivity index (χ1v) is 13.3. The Morgan fingerprint density at radius 3 is 2.45 bits per heavy atom. The minimum atomic E-state index is -0.276. The second-order valence-corrected chi connectivity index (χ2v) is 12.9. The molecule has 4 nitrogen and oxygen atoms in total. The van der Waals surface area contributed by atoms with Gasteiger partial charge in [-0.3, -0.25) is 0 Å². The van der Waals surface area contributed by atoms with E-state index in [1.165, 1.54) is 12.8 Å². The summed E-state index contributed by atoms with van der Waals surface area (Å²) in [4.78, 5) is 0. The van der Waals surface area contributed by atoms with Crippen LogP contribution in [0.3, 0.4) is 0 Å². The predicted molar refractivity (Wildman–Crippen MR) is 121 cm³/mol. The van der Waals surface area contributed by atoms with E-state index in [9.17, 15) is 15.3 Å². The Hall–Kier alpha value is -0.160. The van der Waals surface area contributed by atoms with Crippen LogP contribution >= 0.6 is 0 Å². The molecule has 0 aromatic rings. The van der Waals surface area contributed by atoms with Gasteiger partial charge in [-0.25, -0.2) is 0 Å². The lowest BCUT2D eigenvalue weighted by Gasteiger charge is -2.63. The minimum Gasteiger partial charge on any atom is -0.393 e. The maximum absolute atomic E-state index is 11.7. The summed E-state index contributed by atoms with van der Waals surface area (Å²) in [5, 5.41) is 33.3. The van der Waals surface area contributed by atoms with Crippen molar-refractivity contribution < 1.29 is 20.1 Å². The molecule has 0 radical (unpaired) electrons. The molecule has 0 unspecified atom stereocenters. The molecule has 1 saturated heterocycles. The molecule has 5 aliphatic rings. The highest BCUT2D eigenvalue weighted by molar-refractivity contribution is 5.14. The Morgan fingerprint density at radius 2 is 1.77 bits per heavy atom. The normalized spacial score (nSPS) is 57.4. The third-order valence-electron chi connectivity index (χ3n) is 11.6. The highest BCUT2D eigenvalue weighted by atomic mass is 16.5. The molecule has 5 rings (SSSR count). The molecule has 0 spiro atoms. The van der Waals surface area contributed by atoms with Crippen LogP contribution in [0.1, 0.15) is 85.5 Å².